The molecular weight excluding hydrogens is 306 g/mol. The number of nitrogens with zero attached hydrogens (tertiary/aromatic N) is 2. The van der Waals surface area contributed by atoms with Crippen molar-refractivity contribution in [3.8, 4) is 0 Å². The van der Waals surface area contributed by atoms with Crippen molar-refractivity contribution in [2.24, 2.45) is 5.92 Å². The first kappa shape index (κ1) is 17.7. The van der Waals surface area contributed by atoms with Crippen LogP contribution in [-0.2, 0) is 14.3 Å². The molecule has 6 heteroatoms. The van der Waals surface area contributed by atoms with Gasteiger partial charge in [0, 0.05) is 12.6 Å². The second-order valence-electron chi connectivity index (χ2n) is 7.65. The molecule has 0 aromatic heterocycles. The molecule has 136 valence electrons. The van der Waals surface area contributed by atoms with Crippen LogP contribution in [0.3, 0.4) is 0 Å². The largest absolute Gasteiger partial charge is 0.365 e. The van der Waals surface area contributed by atoms with Crippen LogP contribution >= 0.6 is 0 Å². The molecule has 0 bridgehead atoms. The standard InChI is InChI=1S/C18H31N3O3/c1-14-6-8-20(9-7-14)13-17(22)21-10-11-24-16(12-21)18(23)19-15-4-2-3-5-15/h14-16H,2-13H2,1H3,(H,19,23)/t16-/m0/s1. The van der Waals surface area contributed by atoms with Gasteiger partial charge in [0.05, 0.1) is 19.7 Å². The van der Waals surface area contributed by atoms with Crippen molar-refractivity contribution in [2.45, 2.75) is 57.6 Å². The fraction of sp³-hybridized carbons (Fsp3) is 0.889. The number of amides is 2. The summed E-state index contributed by atoms with van der Waals surface area (Å²) in [4.78, 5) is 29.0. The molecule has 1 atom stereocenters. The summed E-state index contributed by atoms with van der Waals surface area (Å²) in [6, 6.07) is 0.294. The Balaban J connectivity index is 1.45. The van der Waals surface area contributed by atoms with Gasteiger partial charge in [-0.1, -0.05) is 19.8 Å². The number of hydrogen-bond acceptors (Lipinski definition) is 4. The zero-order valence-electron chi connectivity index (χ0n) is 14.8. The molecule has 6 nitrogen and oxygen atoms in total. The molecule has 1 saturated carbocycles. The number of piperidine rings is 1. The first-order valence-corrected chi connectivity index (χ1v) is 9.54. The van der Waals surface area contributed by atoms with Gasteiger partial charge in [0.1, 0.15) is 0 Å². The minimum absolute atomic E-state index is 0.0498. The molecule has 0 aromatic rings. The van der Waals surface area contributed by atoms with E-state index in [0.29, 0.717) is 32.3 Å². The Morgan fingerprint density at radius 2 is 1.79 bits per heavy atom. The van der Waals surface area contributed by atoms with Crippen LogP contribution in [0.25, 0.3) is 0 Å². The summed E-state index contributed by atoms with van der Waals surface area (Å²) in [7, 11) is 0. The van der Waals surface area contributed by atoms with E-state index in [1.165, 1.54) is 25.7 Å². The van der Waals surface area contributed by atoms with E-state index in [1.807, 2.05) is 0 Å². The number of ether oxygens (including phenoxy) is 1. The predicted octanol–water partition coefficient (Wildman–Crippen LogP) is 1.00. The molecule has 2 heterocycles. The lowest BCUT2D eigenvalue weighted by Crippen LogP contribution is -2.54. The summed E-state index contributed by atoms with van der Waals surface area (Å²) in [6.45, 7) is 6.19. The number of hydrogen-bond donors (Lipinski definition) is 1. The number of carbonyl (C=O) groups excluding carboxylic acids is 2. The minimum Gasteiger partial charge on any atom is -0.365 e. The first-order chi connectivity index (χ1) is 11.6. The normalized spacial score (nSPS) is 27.4. The fourth-order valence-electron chi connectivity index (χ4n) is 3.91. The van der Waals surface area contributed by atoms with Crippen LogP contribution in [0.1, 0.15) is 45.4 Å². The molecule has 2 amide bonds. The Hall–Kier alpha value is -1.14. The fourth-order valence-corrected chi connectivity index (χ4v) is 3.91. The molecule has 0 aromatic carbocycles. The average Bonchev–Trinajstić information content (AvgIpc) is 3.10. The van der Waals surface area contributed by atoms with Gasteiger partial charge in [-0.25, -0.2) is 0 Å². The van der Waals surface area contributed by atoms with E-state index in [1.54, 1.807) is 4.90 Å². The van der Waals surface area contributed by atoms with Crippen LogP contribution in [0.15, 0.2) is 0 Å². The number of carbonyl (C=O) groups is 2. The topological polar surface area (TPSA) is 61.9 Å². The summed E-state index contributed by atoms with van der Waals surface area (Å²) in [6.07, 6.45) is 6.34. The third-order valence-electron chi connectivity index (χ3n) is 5.65. The first-order valence-electron chi connectivity index (χ1n) is 9.54. The Bertz CT molecular complexity index is 443. The smallest absolute Gasteiger partial charge is 0.251 e. The molecule has 0 spiro atoms. The molecule has 1 aliphatic carbocycles. The van der Waals surface area contributed by atoms with Gasteiger partial charge in [-0.2, -0.15) is 0 Å². The van der Waals surface area contributed by atoms with Crippen molar-refractivity contribution < 1.29 is 14.3 Å². The highest BCUT2D eigenvalue weighted by Crippen LogP contribution is 2.19. The third kappa shape index (κ3) is 4.70. The van der Waals surface area contributed by atoms with E-state index >= 15 is 0 Å². The van der Waals surface area contributed by atoms with Gasteiger partial charge in [0.25, 0.3) is 5.91 Å². The van der Waals surface area contributed by atoms with Crippen molar-refractivity contribution in [2.75, 3.05) is 39.3 Å². The molecule has 0 radical (unpaired) electrons. The van der Waals surface area contributed by atoms with Crippen LogP contribution < -0.4 is 5.32 Å². The highest BCUT2D eigenvalue weighted by molar-refractivity contribution is 5.83. The van der Waals surface area contributed by atoms with Crippen molar-refractivity contribution in [1.82, 2.24) is 15.1 Å². The Labute approximate surface area is 144 Å². The van der Waals surface area contributed by atoms with Gasteiger partial charge in [-0.15, -0.1) is 0 Å². The van der Waals surface area contributed by atoms with Gasteiger partial charge < -0.3 is 15.0 Å². The maximum Gasteiger partial charge on any atom is 0.251 e. The molecule has 3 fully saturated rings. The highest BCUT2D eigenvalue weighted by Gasteiger charge is 2.31. The van der Waals surface area contributed by atoms with Gasteiger partial charge in [-0.05, 0) is 44.7 Å². The lowest BCUT2D eigenvalue weighted by atomic mass is 9.99. The second-order valence-corrected chi connectivity index (χ2v) is 7.65. The van der Waals surface area contributed by atoms with Crippen molar-refractivity contribution in [3.63, 3.8) is 0 Å². The number of nitrogens with one attached hydrogen (secondary N) is 1. The molecule has 0 unspecified atom stereocenters. The van der Waals surface area contributed by atoms with E-state index in [2.05, 4.69) is 17.1 Å². The van der Waals surface area contributed by atoms with Crippen molar-refractivity contribution in [1.29, 1.82) is 0 Å². The predicted molar refractivity (Wildman–Crippen MR) is 91.6 cm³/mol. The van der Waals surface area contributed by atoms with Crippen molar-refractivity contribution >= 4 is 11.8 Å². The van der Waals surface area contributed by atoms with Crippen LogP contribution in [-0.4, -0.2) is 73.1 Å². The van der Waals surface area contributed by atoms with Crippen molar-refractivity contribution in [3.05, 3.63) is 0 Å². The van der Waals surface area contributed by atoms with E-state index in [4.69, 9.17) is 4.74 Å². The third-order valence-corrected chi connectivity index (χ3v) is 5.65. The van der Waals surface area contributed by atoms with Crippen LogP contribution in [0.4, 0.5) is 0 Å². The molecular formula is C18H31N3O3. The van der Waals surface area contributed by atoms with Gasteiger partial charge in [0.15, 0.2) is 6.10 Å². The van der Waals surface area contributed by atoms with E-state index in [9.17, 15) is 9.59 Å². The number of rotatable bonds is 4. The molecule has 2 saturated heterocycles. The monoisotopic (exact) mass is 337 g/mol. The summed E-state index contributed by atoms with van der Waals surface area (Å²) < 4.78 is 5.61. The SMILES string of the molecule is CC1CCN(CC(=O)N2CCO[C@H](C(=O)NC3CCCC3)C2)CC1. The van der Waals surface area contributed by atoms with E-state index in [-0.39, 0.29) is 11.8 Å². The quantitative estimate of drug-likeness (QED) is 0.831. The zero-order chi connectivity index (χ0) is 16.9. The van der Waals surface area contributed by atoms with Gasteiger partial charge >= 0.3 is 0 Å². The summed E-state index contributed by atoms with van der Waals surface area (Å²) >= 11 is 0. The molecule has 3 rings (SSSR count). The average molecular weight is 337 g/mol. The molecule has 24 heavy (non-hydrogen) atoms. The summed E-state index contributed by atoms with van der Waals surface area (Å²) in [5.41, 5.74) is 0. The Kier molecular flexibility index (Phi) is 6.11. The lowest BCUT2D eigenvalue weighted by Gasteiger charge is -2.35. The summed E-state index contributed by atoms with van der Waals surface area (Å²) in [5, 5.41) is 3.08. The highest BCUT2D eigenvalue weighted by atomic mass is 16.5. The van der Waals surface area contributed by atoms with Crippen LogP contribution in [0.5, 0.6) is 0 Å². The van der Waals surface area contributed by atoms with E-state index in [0.717, 1.165) is 31.8 Å². The maximum absolute atomic E-state index is 12.6. The zero-order valence-corrected chi connectivity index (χ0v) is 14.8. The molecule has 1 N–H and O–H groups in total. The van der Waals surface area contributed by atoms with Crippen LogP contribution in [0, 0.1) is 5.92 Å². The van der Waals surface area contributed by atoms with Gasteiger partial charge in [-0.3, -0.25) is 14.5 Å². The van der Waals surface area contributed by atoms with Gasteiger partial charge in [0.2, 0.25) is 5.91 Å². The Morgan fingerprint density at radius 3 is 2.50 bits per heavy atom. The molecule has 3 aliphatic rings. The summed E-state index contributed by atoms with van der Waals surface area (Å²) in [5.74, 6) is 0.848. The lowest BCUT2D eigenvalue weighted by molar-refractivity contribution is -0.148. The molecule has 2 aliphatic heterocycles. The van der Waals surface area contributed by atoms with Crippen LogP contribution in [0.2, 0.25) is 0 Å². The second kappa shape index (κ2) is 8.30. The minimum atomic E-state index is -0.510. The van der Waals surface area contributed by atoms with E-state index < -0.39 is 6.10 Å². The number of morpholine rings is 1. The number of likely N-dealkylation sites (tertiary alicyclic amines) is 1. The Morgan fingerprint density at radius 1 is 1.08 bits per heavy atom. The maximum atomic E-state index is 12.6.